The summed E-state index contributed by atoms with van der Waals surface area (Å²) in [4.78, 5) is 13.1. The van der Waals surface area contributed by atoms with E-state index in [0.29, 0.717) is 11.3 Å². The Balaban J connectivity index is 3.18. The van der Waals surface area contributed by atoms with Gasteiger partial charge in [0.05, 0.1) is 6.61 Å². The van der Waals surface area contributed by atoms with Crippen molar-refractivity contribution in [1.82, 2.24) is 4.98 Å². The van der Waals surface area contributed by atoms with Crippen LogP contribution in [-0.2, 0) is 17.5 Å². The number of thiazole rings is 1. The van der Waals surface area contributed by atoms with E-state index in [-0.39, 0.29) is 11.6 Å². The minimum atomic E-state index is -4.62. The molecular weight excluding hydrogens is 233 g/mol. The predicted molar refractivity (Wildman–Crippen MR) is 46.3 cm³/mol. The monoisotopic (exact) mass is 240 g/mol. The molecule has 1 heterocycles. The van der Waals surface area contributed by atoms with Gasteiger partial charge in [-0.15, -0.1) is 11.3 Å². The van der Waals surface area contributed by atoms with E-state index in [1.54, 1.807) is 0 Å². The number of rotatable bonds is 3. The van der Waals surface area contributed by atoms with E-state index in [2.05, 4.69) is 9.72 Å². The summed E-state index contributed by atoms with van der Waals surface area (Å²) in [5.74, 6) is -1.19. The lowest BCUT2D eigenvalue weighted by atomic mass is 10.3. The van der Waals surface area contributed by atoms with E-state index in [4.69, 9.17) is 5.73 Å². The highest BCUT2D eigenvalue weighted by Crippen LogP contribution is 2.36. The maximum Gasteiger partial charge on any atom is 0.427 e. The number of nitrogens with zero attached hydrogens (tertiary/aromatic N) is 1. The fourth-order valence-electron chi connectivity index (χ4n) is 0.909. The highest BCUT2D eigenvalue weighted by atomic mass is 32.1. The number of primary amides is 1. The molecule has 4 nitrogen and oxygen atoms in total. The quantitative estimate of drug-likeness (QED) is 0.868. The molecule has 0 aliphatic heterocycles. The molecule has 1 aromatic rings. The molecule has 1 aromatic heterocycles. The van der Waals surface area contributed by atoms with Gasteiger partial charge in [0, 0.05) is 7.11 Å². The van der Waals surface area contributed by atoms with Crippen LogP contribution in [0.3, 0.4) is 0 Å². The number of alkyl halides is 3. The molecule has 0 bridgehead atoms. The van der Waals surface area contributed by atoms with Gasteiger partial charge in [0.15, 0.2) is 5.69 Å². The van der Waals surface area contributed by atoms with Crippen LogP contribution >= 0.6 is 11.3 Å². The van der Waals surface area contributed by atoms with Gasteiger partial charge in [-0.1, -0.05) is 0 Å². The molecule has 0 atom stereocenters. The molecule has 0 spiro atoms. The van der Waals surface area contributed by atoms with E-state index in [1.165, 1.54) is 7.11 Å². The number of amides is 1. The van der Waals surface area contributed by atoms with Crippen molar-refractivity contribution in [1.29, 1.82) is 0 Å². The van der Waals surface area contributed by atoms with E-state index in [1.807, 2.05) is 0 Å². The Hall–Kier alpha value is -1.15. The van der Waals surface area contributed by atoms with Gasteiger partial charge in [-0.05, 0) is 0 Å². The molecule has 15 heavy (non-hydrogen) atoms. The zero-order valence-corrected chi connectivity index (χ0v) is 8.41. The zero-order valence-electron chi connectivity index (χ0n) is 7.59. The van der Waals surface area contributed by atoms with Crippen molar-refractivity contribution in [3.63, 3.8) is 0 Å². The van der Waals surface area contributed by atoms with Crippen LogP contribution < -0.4 is 5.73 Å². The lowest BCUT2D eigenvalue weighted by molar-refractivity contribution is -0.134. The average Bonchev–Trinajstić information content (AvgIpc) is 2.48. The molecule has 0 saturated carbocycles. The van der Waals surface area contributed by atoms with Crippen LogP contribution in [0.25, 0.3) is 0 Å². The Morgan fingerprint density at radius 2 is 2.20 bits per heavy atom. The Morgan fingerprint density at radius 3 is 2.53 bits per heavy atom. The standard InChI is InChI=1S/C7H7F3N2O2S/c1-14-2-3-12-4(6(11)13)5(15-3)7(8,9)10/h2H2,1H3,(H2,11,13). The molecule has 1 rings (SSSR count). The lowest BCUT2D eigenvalue weighted by Gasteiger charge is -2.02. The number of aromatic nitrogens is 1. The molecule has 0 aliphatic carbocycles. The largest absolute Gasteiger partial charge is 0.427 e. The van der Waals surface area contributed by atoms with Gasteiger partial charge in [-0.3, -0.25) is 4.79 Å². The summed E-state index contributed by atoms with van der Waals surface area (Å²) >= 11 is 0.357. The number of hydrogen-bond donors (Lipinski definition) is 1. The van der Waals surface area contributed by atoms with Gasteiger partial charge < -0.3 is 10.5 Å². The first kappa shape index (κ1) is 11.9. The first-order valence-corrected chi connectivity index (χ1v) is 4.53. The molecule has 2 N–H and O–H groups in total. The number of hydrogen-bond acceptors (Lipinski definition) is 4. The van der Waals surface area contributed by atoms with Crippen molar-refractivity contribution in [3.05, 3.63) is 15.6 Å². The number of halogens is 3. The maximum atomic E-state index is 12.4. The van der Waals surface area contributed by atoms with Crippen LogP contribution in [0.4, 0.5) is 13.2 Å². The summed E-state index contributed by atoms with van der Waals surface area (Å²) in [6.07, 6.45) is -4.62. The molecule has 0 fully saturated rings. The SMILES string of the molecule is COCc1nc(C(N)=O)c(C(F)(F)F)s1. The van der Waals surface area contributed by atoms with Crippen molar-refractivity contribution in [3.8, 4) is 0 Å². The third-order valence-electron chi connectivity index (χ3n) is 1.43. The Kier molecular flexibility index (Phi) is 3.30. The van der Waals surface area contributed by atoms with Crippen molar-refractivity contribution in [2.24, 2.45) is 5.73 Å². The van der Waals surface area contributed by atoms with E-state index in [9.17, 15) is 18.0 Å². The number of ether oxygens (including phenoxy) is 1. The van der Waals surface area contributed by atoms with Gasteiger partial charge in [-0.25, -0.2) is 4.98 Å². The van der Waals surface area contributed by atoms with Crippen molar-refractivity contribution < 1.29 is 22.7 Å². The number of carbonyl (C=O) groups excluding carboxylic acids is 1. The normalized spacial score (nSPS) is 11.7. The molecule has 0 radical (unpaired) electrons. The van der Waals surface area contributed by atoms with Crippen molar-refractivity contribution in [2.75, 3.05) is 7.11 Å². The first-order chi connectivity index (χ1) is 6.86. The summed E-state index contributed by atoms with van der Waals surface area (Å²) in [6, 6.07) is 0. The molecule has 84 valence electrons. The van der Waals surface area contributed by atoms with Gasteiger partial charge in [-0.2, -0.15) is 13.2 Å². The number of carbonyl (C=O) groups is 1. The fourth-order valence-corrected chi connectivity index (χ4v) is 1.82. The molecule has 1 amide bonds. The summed E-state index contributed by atoms with van der Waals surface area (Å²) in [5, 5.41) is 0.0682. The van der Waals surface area contributed by atoms with Crippen molar-refractivity contribution >= 4 is 17.2 Å². The Bertz CT molecular complexity index is 375. The predicted octanol–water partition coefficient (Wildman–Crippen LogP) is 1.41. The Morgan fingerprint density at radius 1 is 1.60 bits per heavy atom. The number of methoxy groups -OCH3 is 1. The van der Waals surface area contributed by atoms with Gasteiger partial charge >= 0.3 is 6.18 Å². The van der Waals surface area contributed by atoms with Crippen LogP contribution in [0.1, 0.15) is 20.4 Å². The molecule has 8 heteroatoms. The molecule has 0 unspecified atom stereocenters. The van der Waals surface area contributed by atoms with E-state index in [0.717, 1.165) is 0 Å². The molecule has 0 aliphatic rings. The van der Waals surface area contributed by atoms with E-state index >= 15 is 0 Å². The van der Waals surface area contributed by atoms with Gasteiger partial charge in [0.1, 0.15) is 9.88 Å². The van der Waals surface area contributed by atoms with E-state index < -0.39 is 22.7 Å². The topological polar surface area (TPSA) is 65.2 Å². The third kappa shape index (κ3) is 2.66. The smallest absolute Gasteiger partial charge is 0.378 e. The van der Waals surface area contributed by atoms with Crippen molar-refractivity contribution in [2.45, 2.75) is 12.8 Å². The molecular formula is C7H7F3N2O2S. The minimum absolute atomic E-state index is 0.0682. The summed E-state index contributed by atoms with van der Waals surface area (Å²) in [5.41, 5.74) is 4.03. The van der Waals surface area contributed by atoms with Crippen LogP contribution in [0.5, 0.6) is 0 Å². The summed E-state index contributed by atoms with van der Waals surface area (Å²) in [7, 11) is 1.32. The lowest BCUT2D eigenvalue weighted by Crippen LogP contribution is -2.17. The van der Waals surface area contributed by atoms with Crippen LogP contribution in [0.15, 0.2) is 0 Å². The second-order valence-electron chi connectivity index (χ2n) is 2.58. The second kappa shape index (κ2) is 4.15. The van der Waals surface area contributed by atoms with Gasteiger partial charge in [0.2, 0.25) is 0 Å². The highest BCUT2D eigenvalue weighted by molar-refractivity contribution is 7.12. The average molecular weight is 240 g/mol. The van der Waals surface area contributed by atoms with Crippen LogP contribution in [-0.4, -0.2) is 18.0 Å². The molecule has 0 saturated heterocycles. The number of nitrogens with two attached hydrogens (primary N) is 1. The molecule has 0 aromatic carbocycles. The highest BCUT2D eigenvalue weighted by Gasteiger charge is 2.38. The summed E-state index contributed by atoms with van der Waals surface area (Å²) < 4.78 is 41.8. The maximum absolute atomic E-state index is 12.4. The van der Waals surface area contributed by atoms with Gasteiger partial charge in [0.25, 0.3) is 5.91 Å². The fraction of sp³-hybridized carbons (Fsp3) is 0.429. The zero-order chi connectivity index (χ0) is 11.6. The Labute approximate surface area is 86.9 Å². The first-order valence-electron chi connectivity index (χ1n) is 3.72. The minimum Gasteiger partial charge on any atom is -0.378 e. The van der Waals surface area contributed by atoms with Crippen LogP contribution in [0.2, 0.25) is 0 Å². The van der Waals surface area contributed by atoms with Crippen LogP contribution in [0, 0.1) is 0 Å². The third-order valence-corrected chi connectivity index (χ3v) is 2.50. The second-order valence-corrected chi connectivity index (χ2v) is 3.66. The summed E-state index contributed by atoms with van der Waals surface area (Å²) in [6.45, 7) is -0.0823.